The number of aliphatic hydroxyl groups excluding tert-OH is 1. The minimum atomic E-state index is -0.273. The standard InChI is InChI=1S/C18H26N4O2/c1-14(2)8-17(13-23)21-18(24)19-9-16-10-20-22(12-16)11-15-6-4-3-5-7-15/h3-7,10,12,14,17,23H,8-9,11,13H2,1-2H3,(H2,19,21,24). The smallest absolute Gasteiger partial charge is 0.315 e. The average Bonchev–Trinajstić information content (AvgIpc) is 3.00. The molecule has 6 heteroatoms. The normalized spacial score (nSPS) is 12.2. The highest BCUT2D eigenvalue weighted by atomic mass is 16.3. The number of aliphatic hydroxyl groups is 1. The fourth-order valence-electron chi connectivity index (χ4n) is 2.52. The number of nitrogens with zero attached hydrogens (tertiary/aromatic N) is 2. The summed E-state index contributed by atoms with van der Waals surface area (Å²) >= 11 is 0. The fourth-order valence-corrected chi connectivity index (χ4v) is 2.52. The third-order valence-electron chi connectivity index (χ3n) is 3.64. The van der Waals surface area contributed by atoms with Crippen LogP contribution < -0.4 is 10.6 Å². The summed E-state index contributed by atoms with van der Waals surface area (Å²) in [7, 11) is 0. The Morgan fingerprint density at radius 2 is 2.00 bits per heavy atom. The summed E-state index contributed by atoms with van der Waals surface area (Å²) in [4.78, 5) is 11.9. The monoisotopic (exact) mass is 330 g/mol. The maximum Gasteiger partial charge on any atom is 0.315 e. The molecule has 0 aliphatic heterocycles. The van der Waals surface area contributed by atoms with Crippen LogP contribution in [0.25, 0.3) is 0 Å². The lowest BCUT2D eigenvalue weighted by atomic mass is 10.0. The first-order valence-electron chi connectivity index (χ1n) is 8.27. The number of amides is 2. The Morgan fingerprint density at radius 1 is 1.25 bits per heavy atom. The highest BCUT2D eigenvalue weighted by Gasteiger charge is 2.12. The van der Waals surface area contributed by atoms with E-state index in [4.69, 9.17) is 0 Å². The molecule has 1 atom stereocenters. The quantitative estimate of drug-likeness (QED) is 0.694. The van der Waals surface area contributed by atoms with E-state index in [0.29, 0.717) is 19.0 Å². The molecule has 2 amide bonds. The maximum absolute atomic E-state index is 11.9. The Kier molecular flexibility index (Phi) is 6.81. The first-order valence-corrected chi connectivity index (χ1v) is 8.27. The second kappa shape index (κ2) is 9.08. The molecule has 0 fully saturated rings. The summed E-state index contributed by atoms with van der Waals surface area (Å²) in [6.07, 6.45) is 4.42. The largest absolute Gasteiger partial charge is 0.394 e. The summed E-state index contributed by atoms with van der Waals surface area (Å²) in [6.45, 7) is 5.17. The van der Waals surface area contributed by atoms with Gasteiger partial charge >= 0.3 is 6.03 Å². The molecule has 1 aromatic heterocycles. The lowest BCUT2D eigenvalue weighted by molar-refractivity contribution is 0.206. The van der Waals surface area contributed by atoms with E-state index >= 15 is 0 Å². The Bertz CT molecular complexity index is 625. The number of hydrogen-bond donors (Lipinski definition) is 3. The van der Waals surface area contributed by atoms with Gasteiger partial charge in [0.25, 0.3) is 0 Å². The predicted molar refractivity (Wildman–Crippen MR) is 93.5 cm³/mol. The van der Waals surface area contributed by atoms with Crippen molar-refractivity contribution in [2.75, 3.05) is 6.61 Å². The number of carbonyl (C=O) groups excluding carboxylic acids is 1. The van der Waals surface area contributed by atoms with Gasteiger partial charge in [0.2, 0.25) is 0 Å². The Labute approximate surface area is 142 Å². The number of benzene rings is 1. The zero-order chi connectivity index (χ0) is 17.4. The van der Waals surface area contributed by atoms with Gasteiger partial charge in [-0.2, -0.15) is 5.10 Å². The van der Waals surface area contributed by atoms with E-state index in [2.05, 4.69) is 41.7 Å². The van der Waals surface area contributed by atoms with E-state index in [1.807, 2.05) is 29.1 Å². The van der Waals surface area contributed by atoms with Gasteiger partial charge in [-0.3, -0.25) is 4.68 Å². The van der Waals surface area contributed by atoms with E-state index in [0.717, 1.165) is 12.0 Å². The summed E-state index contributed by atoms with van der Waals surface area (Å²) in [5.74, 6) is 0.415. The van der Waals surface area contributed by atoms with Crippen molar-refractivity contribution in [3.8, 4) is 0 Å². The predicted octanol–water partition coefficient (Wildman–Crippen LogP) is 2.14. The van der Waals surface area contributed by atoms with Crippen LogP contribution in [0.1, 0.15) is 31.4 Å². The first-order chi connectivity index (χ1) is 11.6. The van der Waals surface area contributed by atoms with E-state index in [1.165, 1.54) is 5.56 Å². The van der Waals surface area contributed by atoms with Crippen molar-refractivity contribution in [1.29, 1.82) is 0 Å². The molecule has 2 aromatic rings. The van der Waals surface area contributed by atoms with Gasteiger partial charge in [-0.15, -0.1) is 0 Å². The van der Waals surface area contributed by atoms with Gasteiger partial charge in [0.15, 0.2) is 0 Å². The molecule has 0 radical (unpaired) electrons. The van der Waals surface area contributed by atoms with E-state index < -0.39 is 0 Å². The molecule has 0 spiro atoms. The van der Waals surface area contributed by atoms with Crippen molar-refractivity contribution in [2.24, 2.45) is 5.92 Å². The summed E-state index contributed by atoms with van der Waals surface area (Å²) in [5.41, 5.74) is 2.11. The van der Waals surface area contributed by atoms with Crippen LogP contribution in [0.2, 0.25) is 0 Å². The molecule has 0 aliphatic rings. The first kappa shape index (κ1) is 18.0. The van der Waals surface area contributed by atoms with Crippen LogP contribution >= 0.6 is 0 Å². The third-order valence-corrected chi connectivity index (χ3v) is 3.64. The second-order valence-electron chi connectivity index (χ2n) is 6.37. The number of rotatable bonds is 8. The molecule has 3 N–H and O–H groups in total. The number of urea groups is 1. The molecular weight excluding hydrogens is 304 g/mol. The van der Waals surface area contributed by atoms with Crippen molar-refractivity contribution in [3.05, 3.63) is 53.9 Å². The molecule has 130 valence electrons. The van der Waals surface area contributed by atoms with Crippen LogP contribution in [0.4, 0.5) is 4.79 Å². The second-order valence-corrected chi connectivity index (χ2v) is 6.37. The van der Waals surface area contributed by atoms with Gasteiger partial charge in [0.05, 0.1) is 25.4 Å². The molecule has 1 aromatic carbocycles. The molecule has 1 heterocycles. The van der Waals surface area contributed by atoms with Gasteiger partial charge in [0.1, 0.15) is 0 Å². The number of carbonyl (C=O) groups is 1. The van der Waals surface area contributed by atoms with Gasteiger partial charge in [-0.05, 0) is 17.9 Å². The van der Waals surface area contributed by atoms with Crippen molar-refractivity contribution in [3.63, 3.8) is 0 Å². The fraction of sp³-hybridized carbons (Fsp3) is 0.444. The molecule has 0 saturated carbocycles. The molecule has 1 unspecified atom stereocenters. The van der Waals surface area contributed by atoms with Crippen molar-refractivity contribution in [1.82, 2.24) is 20.4 Å². The molecule has 0 saturated heterocycles. The van der Waals surface area contributed by atoms with E-state index in [9.17, 15) is 9.90 Å². The van der Waals surface area contributed by atoms with Crippen LogP contribution in [-0.4, -0.2) is 33.6 Å². The highest BCUT2D eigenvalue weighted by Crippen LogP contribution is 2.05. The Balaban J connectivity index is 1.79. The van der Waals surface area contributed by atoms with Crippen LogP contribution in [0.5, 0.6) is 0 Å². The van der Waals surface area contributed by atoms with E-state index in [1.54, 1.807) is 6.20 Å². The molecular formula is C18H26N4O2. The van der Waals surface area contributed by atoms with Crippen molar-refractivity contribution < 1.29 is 9.90 Å². The van der Waals surface area contributed by atoms with Crippen LogP contribution in [-0.2, 0) is 13.1 Å². The topological polar surface area (TPSA) is 79.2 Å². The Morgan fingerprint density at radius 3 is 2.67 bits per heavy atom. The van der Waals surface area contributed by atoms with Gasteiger partial charge in [-0.25, -0.2) is 4.79 Å². The van der Waals surface area contributed by atoms with Crippen molar-refractivity contribution >= 4 is 6.03 Å². The van der Waals surface area contributed by atoms with Crippen LogP contribution in [0, 0.1) is 5.92 Å². The summed E-state index contributed by atoms with van der Waals surface area (Å²) < 4.78 is 1.85. The summed E-state index contributed by atoms with van der Waals surface area (Å²) in [6, 6.07) is 9.60. The minimum Gasteiger partial charge on any atom is -0.394 e. The van der Waals surface area contributed by atoms with Gasteiger partial charge < -0.3 is 15.7 Å². The maximum atomic E-state index is 11.9. The van der Waals surface area contributed by atoms with Crippen LogP contribution in [0.15, 0.2) is 42.7 Å². The Hall–Kier alpha value is -2.34. The number of aromatic nitrogens is 2. The lowest BCUT2D eigenvalue weighted by Gasteiger charge is -2.18. The number of nitrogens with one attached hydrogen (secondary N) is 2. The molecule has 24 heavy (non-hydrogen) atoms. The molecule has 6 nitrogen and oxygen atoms in total. The van der Waals surface area contributed by atoms with E-state index in [-0.39, 0.29) is 18.7 Å². The SMILES string of the molecule is CC(C)CC(CO)NC(=O)NCc1cnn(Cc2ccccc2)c1. The average molecular weight is 330 g/mol. The van der Waals surface area contributed by atoms with Crippen molar-refractivity contribution in [2.45, 2.75) is 39.4 Å². The molecule has 0 bridgehead atoms. The number of hydrogen-bond acceptors (Lipinski definition) is 3. The minimum absolute atomic E-state index is 0.0550. The van der Waals surface area contributed by atoms with Gasteiger partial charge in [0, 0.05) is 18.3 Å². The highest BCUT2D eigenvalue weighted by molar-refractivity contribution is 5.74. The molecule has 0 aliphatic carbocycles. The third kappa shape index (κ3) is 6.04. The van der Waals surface area contributed by atoms with Crippen LogP contribution in [0.3, 0.4) is 0 Å². The van der Waals surface area contributed by atoms with Gasteiger partial charge in [-0.1, -0.05) is 44.2 Å². The zero-order valence-electron chi connectivity index (χ0n) is 14.3. The molecule has 2 rings (SSSR count). The zero-order valence-corrected chi connectivity index (χ0v) is 14.3. The summed E-state index contributed by atoms with van der Waals surface area (Å²) in [5, 5.41) is 19.2. The lowest BCUT2D eigenvalue weighted by Crippen LogP contribution is -2.44.